The van der Waals surface area contributed by atoms with Crippen LogP contribution >= 0.6 is 27.3 Å². The molecule has 1 heterocycles. The minimum absolute atomic E-state index is 0.856. The van der Waals surface area contributed by atoms with E-state index in [-0.39, 0.29) is 0 Å². The van der Waals surface area contributed by atoms with Crippen LogP contribution in [0, 0.1) is 0 Å². The summed E-state index contributed by atoms with van der Waals surface area (Å²) >= 11 is 5.11. The van der Waals surface area contributed by atoms with Gasteiger partial charge in [0.15, 0.2) is 0 Å². The van der Waals surface area contributed by atoms with Crippen molar-refractivity contribution in [3.8, 4) is 16.3 Å². The maximum Gasteiger partial charge on any atom is 0.123 e. The Labute approximate surface area is 101 Å². The van der Waals surface area contributed by atoms with Crippen molar-refractivity contribution in [1.82, 2.24) is 4.98 Å². The average Bonchev–Trinajstić information content (AvgIpc) is 2.78. The number of hydrogen-bond donors (Lipinski definition) is 0. The Kier molecular flexibility index (Phi) is 3.38. The minimum Gasteiger partial charge on any atom is -0.497 e. The van der Waals surface area contributed by atoms with E-state index < -0.39 is 0 Å². The number of hydrogen-bond acceptors (Lipinski definition) is 3. The number of halogens is 1. The van der Waals surface area contributed by atoms with Crippen molar-refractivity contribution in [3.63, 3.8) is 0 Å². The maximum atomic E-state index is 5.18. The summed E-state index contributed by atoms with van der Waals surface area (Å²) in [5, 5.41) is 1.89. The van der Waals surface area contributed by atoms with Crippen molar-refractivity contribution in [3.05, 3.63) is 35.3 Å². The molecule has 0 aliphatic carbocycles. The van der Waals surface area contributed by atoms with Crippen molar-refractivity contribution in [2.75, 3.05) is 7.11 Å². The van der Waals surface area contributed by atoms with Crippen LogP contribution in [0.25, 0.3) is 10.6 Å². The van der Waals surface area contributed by atoms with Crippen LogP contribution in [0.3, 0.4) is 0 Å². The van der Waals surface area contributed by atoms with Crippen LogP contribution in [0.4, 0.5) is 0 Å². The van der Waals surface area contributed by atoms with Gasteiger partial charge in [-0.2, -0.15) is 0 Å². The van der Waals surface area contributed by atoms with Crippen LogP contribution < -0.4 is 4.74 Å². The Bertz CT molecular complexity index is 455. The summed E-state index contributed by atoms with van der Waals surface area (Å²) in [5.74, 6) is 0.864. The average molecular weight is 284 g/mol. The van der Waals surface area contributed by atoms with E-state index in [1.54, 1.807) is 18.4 Å². The first-order valence-corrected chi connectivity index (χ1v) is 6.42. The molecule has 78 valence electrons. The van der Waals surface area contributed by atoms with E-state index in [4.69, 9.17) is 4.74 Å². The van der Waals surface area contributed by atoms with Crippen molar-refractivity contribution in [2.24, 2.45) is 0 Å². The fourth-order valence-corrected chi connectivity index (χ4v) is 2.51. The number of aromatic nitrogens is 1. The highest BCUT2D eigenvalue weighted by Gasteiger charge is 2.04. The second-order valence-electron chi connectivity index (χ2n) is 3.00. The number of benzene rings is 1. The SMILES string of the molecule is COc1cccc(-c2ncc(CBr)s2)c1. The fraction of sp³-hybridized carbons (Fsp3) is 0.182. The third-order valence-corrected chi connectivity index (χ3v) is 4.02. The van der Waals surface area contributed by atoms with Crippen molar-refractivity contribution in [2.45, 2.75) is 5.33 Å². The second-order valence-corrected chi connectivity index (χ2v) is 4.67. The van der Waals surface area contributed by atoms with E-state index in [0.717, 1.165) is 21.7 Å². The lowest BCUT2D eigenvalue weighted by atomic mass is 10.2. The van der Waals surface area contributed by atoms with E-state index in [1.807, 2.05) is 30.5 Å². The van der Waals surface area contributed by atoms with Crippen molar-refractivity contribution in [1.29, 1.82) is 0 Å². The number of thiazole rings is 1. The molecule has 1 aromatic carbocycles. The van der Waals surface area contributed by atoms with Crippen LogP contribution in [0.1, 0.15) is 4.88 Å². The summed E-state index contributed by atoms with van der Waals surface area (Å²) < 4.78 is 5.18. The molecule has 0 aliphatic rings. The summed E-state index contributed by atoms with van der Waals surface area (Å²) in [5.41, 5.74) is 1.10. The van der Waals surface area contributed by atoms with Gasteiger partial charge in [-0.15, -0.1) is 11.3 Å². The van der Waals surface area contributed by atoms with E-state index >= 15 is 0 Å². The molecule has 0 bridgehead atoms. The maximum absolute atomic E-state index is 5.18. The van der Waals surface area contributed by atoms with Gasteiger partial charge in [-0.1, -0.05) is 28.1 Å². The zero-order chi connectivity index (χ0) is 10.7. The predicted octanol–water partition coefficient (Wildman–Crippen LogP) is 3.71. The molecule has 2 nitrogen and oxygen atoms in total. The summed E-state index contributed by atoms with van der Waals surface area (Å²) in [6.07, 6.45) is 1.90. The van der Waals surface area contributed by atoms with Crippen LogP contribution in [-0.4, -0.2) is 12.1 Å². The molecule has 0 saturated carbocycles. The molecule has 0 unspecified atom stereocenters. The monoisotopic (exact) mass is 283 g/mol. The minimum atomic E-state index is 0.856. The molecule has 0 amide bonds. The van der Waals surface area contributed by atoms with Gasteiger partial charge in [-0.25, -0.2) is 4.98 Å². The van der Waals surface area contributed by atoms with Crippen LogP contribution in [-0.2, 0) is 5.33 Å². The number of ether oxygens (including phenoxy) is 1. The van der Waals surface area contributed by atoms with Gasteiger partial charge in [0.1, 0.15) is 10.8 Å². The largest absolute Gasteiger partial charge is 0.497 e. The summed E-state index contributed by atoms with van der Waals surface area (Å²) in [7, 11) is 1.67. The lowest BCUT2D eigenvalue weighted by molar-refractivity contribution is 0.415. The highest BCUT2D eigenvalue weighted by molar-refractivity contribution is 9.08. The zero-order valence-corrected chi connectivity index (χ0v) is 10.6. The van der Waals surface area contributed by atoms with E-state index in [2.05, 4.69) is 20.9 Å². The van der Waals surface area contributed by atoms with Crippen molar-refractivity contribution < 1.29 is 4.74 Å². The van der Waals surface area contributed by atoms with Crippen LogP contribution in [0.15, 0.2) is 30.5 Å². The molecule has 0 spiro atoms. The molecular weight excluding hydrogens is 274 g/mol. The molecule has 0 aliphatic heterocycles. The molecule has 15 heavy (non-hydrogen) atoms. The Morgan fingerprint density at radius 1 is 1.47 bits per heavy atom. The van der Waals surface area contributed by atoms with Crippen LogP contribution in [0.5, 0.6) is 5.75 Å². The third kappa shape index (κ3) is 2.38. The Morgan fingerprint density at radius 2 is 2.33 bits per heavy atom. The molecule has 2 rings (SSSR count). The highest BCUT2D eigenvalue weighted by Crippen LogP contribution is 2.28. The first-order valence-electron chi connectivity index (χ1n) is 4.48. The molecular formula is C11H10BrNOS. The van der Waals surface area contributed by atoms with Gasteiger partial charge >= 0.3 is 0 Å². The van der Waals surface area contributed by atoms with E-state index in [9.17, 15) is 0 Å². The highest BCUT2D eigenvalue weighted by atomic mass is 79.9. The van der Waals surface area contributed by atoms with Gasteiger partial charge in [0.25, 0.3) is 0 Å². The number of nitrogens with zero attached hydrogens (tertiary/aromatic N) is 1. The van der Waals surface area contributed by atoms with Gasteiger partial charge in [0.05, 0.1) is 7.11 Å². The van der Waals surface area contributed by atoms with Gasteiger partial charge in [0.2, 0.25) is 0 Å². The number of rotatable bonds is 3. The Hall–Kier alpha value is -0.870. The second kappa shape index (κ2) is 4.77. The lowest BCUT2D eigenvalue weighted by Crippen LogP contribution is -1.82. The molecule has 0 N–H and O–H groups in total. The van der Waals surface area contributed by atoms with E-state index in [0.29, 0.717) is 0 Å². The molecule has 2 aromatic rings. The standard InChI is InChI=1S/C11H10BrNOS/c1-14-9-4-2-3-8(5-9)11-13-7-10(6-12)15-11/h2-5,7H,6H2,1H3. The molecule has 1 aromatic heterocycles. The first kappa shape index (κ1) is 10.6. The van der Waals surface area contributed by atoms with Gasteiger partial charge in [-0.3, -0.25) is 0 Å². The smallest absolute Gasteiger partial charge is 0.123 e. The molecule has 0 radical (unpaired) electrons. The number of methoxy groups -OCH3 is 1. The number of alkyl halides is 1. The van der Waals surface area contributed by atoms with Crippen molar-refractivity contribution >= 4 is 27.3 Å². The zero-order valence-electron chi connectivity index (χ0n) is 8.24. The van der Waals surface area contributed by atoms with Gasteiger partial charge in [0, 0.05) is 22.0 Å². The fourth-order valence-electron chi connectivity index (χ4n) is 1.26. The predicted molar refractivity (Wildman–Crippen MR) is 66.7 cm³/mol. The summed E-state index contributed by atoms with van der Waals surface area (Å²) in [6, 6.07) is 7.95. The lowest BCUT2D eigenvalue weighted by Gasteiger charge is -2.00. The topological polar surface area (TPSA) is 22.1 Å². The third-order valence-electron chi connectivity index (χ3n) is 2.00. The molecule has 4 heteroatoms. The first-order chi connectivity index (χ1) is 7.33. The summed E-state index contributed by atoms with van der Waals surface area (Å²) in [4.78, 5) is 5.60. The summed E-state index contributed by atoms with van der Waals surface area (Å²) in [6.45, 7) is 0. The molecule has 0 atom stereocenters. The van der Waals surface area contributed by atoms with E-state index in [1.165, 1.54) is 4.88 Å². The molecule has 0 fully saturated rings. The molecule has 0 saturated heterocycles. The Balaban J connectivity index is 2.35. The van der Waals surface area contributed by atoms with Crippen LogP contribution in [0.2, 0.25) is 0 Å². The van der Waals surface area contributed by atoms with Gasteiger partial charge < -0.3 is 4.74 Å². The normalized spacial score (nSPS) is 10.3. The quantitative estimate of drug-likeness (QED) is 0.801. The van der Waals surface area contributed by atoms with Gasteiger partial charge in [-0.05, 0) is 12.1 Å². The Morgan fingerprint density at radius 3 is 3.00 bits per heavy atom.